The maximum Gasteiger partial charge on any atom is 0.221 e. The summed E-state index contributed by atoms with van der Waals surface area (Å²) in [6.07, 6.45) is 6.25. The summed E-state index contributed by atoms with van der Waals surface area (Å²) in [5.74, 6) is 0.741. The summed E-state index contributed by atoms with van der Waals surface area (Å²) in [5, 5.41) is 10.2. The highest BCUT2D eigenvalue weighted by Crippen LogP contribution is 2.20. The van der Waals surface area contributed by atoms with Crippen LogP contribution in [0.3, 0.4) is 0 Å². The summed E-state index contributed by atoms with van der Waals surface area (Å²) in [6.45, 7) is 8.27. The molecule has 0 radical (unpaired) electrons. The monoisotopic (exact) mass is 311 g/mol. The van der Waals surface area contributed by atoms with Gasteiger partial charge in [-0.25, -0.2) is 0 Å². The van der Waals surface area contributed by atoms with Crippen LogP contribution in [0.4, 0.5) is 0 Å². The summed E-state index contributed by atoms with van der Waals surface area (Å²) in [5.41, 5.74) is 5.35. The number of rotatable bonds is 8. The summed E-state index contributed by atoms with van der Waals surface area (Å²) in [6, 6.07) is 0. The van der Waals surface area contributed by atoms with E-state index in [9.17, 15) is 9.90 Å². The number of hydrogen-bond donors (Lipinski definition) is 2. The van der Waals surface area contributed by atoms with Gasteiger partial charge in [0.25, 0.3) is 0 Å². The molecule has 1 amide bonds. The first-order valence-electron chi connectivity index (χ1n) is 9.00. The van der Waals surface area contributed by atoms with Gasteiger partial charge < -0.3 is 20.6 Å². The first-order chi connectivity index (χ1) is 10.6. The van der Waals surface area contributed by atoms with Gasteiger partial charge in [0.1, 0.15) is 0 Å². The van der Waals surface area contributed by atoms with Gasteiger partial charge in [-0.3, -0.25) is 4.79 Å². The van der Waals surface area contributed by atoms with Crippen LogP contribution in [-0.2, 0) is 4.79 Å². The number of piperidine rings is 1. The van der Waals surface area contributed by atoms with Gasteiger partial charge in [-0.2, -0.15) is 0 Å². The van der Waals surface area contributed by atoms with Gasteiger partial charge >= 0.3 is 0 Å². The van der Waals surface area contributed by atoms with Crippen molar-refractivity contribution < 1.29 is 9.90 Å². The molecular formula is C17H33N3O2. The van der Waals surface area contributed by atoms with Gasteiger partial charge in [0.05, 0.1) is 12.0 Å². The van der Waals surface area contributed by atoms with Crippen molar-refractivity contribution in [3.05, 3.63) is 0 Å². The van der Waals surface area contributed by atoms with Crippen LogP contribution in [0.25, 0.3) is 0 Å². The van der Waals surface area contributed by atoms with Gasteiger partial charge in [-0.05, 0) is 57.7 Å². The van der Waals surface area contributed by atoms with Crippen LogP contribution >= 0.6 is 0 Å². The van der Waals surface area contributed by atoms with Crippen molar-refractivity contribution in [1.82, 2.24) is 9.80 Å². The van der Waals surface area contributed by atoms with E-state index in [-0.39, 0.29) is 17.9 Å². The highest BCUT2D eigenvalue weighted by atomic mass is 16.3. The largest absolute Gasteiger partial charge is 0.393 e. The molecule has 2 heterocycles. The molecule has 22 heavy (non-hydrogen) atoms. The molecule has 0 bridgehead atoms. The lowest BCUT2D eigenvalue weighted by Gasteiger charge is -2.32. The molecule has 0 aromatic rings. The zero-order valence-corrected chi connectivity index (χ0v) is 14.0. The number of carbonyl (C=O) groups excluding carboxylic acids is 1. The van der Waals surface area contributed by atoms with Gasteiger partial charge in [0.2, 0.25) is 5.91 Å². The van der Waals surface area contributed by atoms with E-state index in [1.807, 2.05) is 0 Å². The van der Waals surface area contributed by atoms with Gasteiger partial charge in [-0.1, -0.05) is 13.3 Å². The third-order valence-electron chi connectivity index (χ3n) is 5.52. The van der Waals surface area contributed by atoms with Crippen molar-refractivity contribution in [3.8, 4) is 0 Å². The Bertz CT molecular complexity index is 343. The van der Waals surface area contributed by atoms with Crippen LogP contribution in [0.2, 0.25) is 0 Å². The third-order valence-corrected chi connectivity index (χ3v) is 5.52. The third kappa shape index (κ3) is 5.52. The van der Waals surface area contributed by atoms with E-state index in [4.69, 9.17) is 5.73 Å². The van der Waals surface area contributed by atoms with Crippen LogP contribution in [0.1, 0.15) is 45.4 Å². The molecule has 128 valence electrons. The molecule has 2 unspecified atom stereocenters. The Hall–Kier alpha value is -0.650. The average Bonchev–Trinajstić information content (AvgIpc) is 3.00. The molecule has 5 nitrogen and oxygen atoms in total. The molecule has 2 aliphatic rings. The van der Waals surface area contributed by atoms with Crippen molar-refractivity contribution >= 4 is 5.91 Å². The maximum absolute atomic E-state index is 11.1. The fourth-order valence-electron chi connectivity index (χ4n) is 3.69. The average molecular weight is 311 g/mol. The molecule has 3 N–H and O–H groups in total. The molecule has 5 heteroatoms. The van der Waals surface area contributed by atoms with Gasteiger partial charge in [0, 0.05) is 19.6 Å². The molecular weight excluding hydrogens is 278 g/mol. The highest BCUT2D eigenvalue weighted by molar-refractivity contribution is 5.77. The first-order valence-corrected chi connectivity index (χ1v) is 9.00. The SMILES string of the molecule is CCC1CCN(CCC(O)CCN2CCC(C(N)=O)C2)CC1. The summed E-state index contributed by atoms with van der Waals surface area (Å²) in [4.78, 5) is 15.9. The van der Waals surface area contributed by atoms with Crippen molar-refractivity contribution in [2.45, 2.75) is 51.6 Å². The van der Waals surface area contributed by atoms with E-state index in [2.05, 4.69) is 16.7 Å². The minimum atomic E-state index is -0.225. The second-order valence-corrected chi connectivity index (χ2v) is 7.11. The molecule has 2 atom stereocenters. The molecule has 0 saturated carbocycles. The smallest absolute Gasteiger partial charge is 0.221 e. The summed E-state index contributed by atoms with van der Waals surface area (Å²) < 4.78 is 0. The van der Waals surface area contributed by atoms with E-state index >= 15 is 0 Å². The fraction of sp³-hybridized carbons (Fsp3) is 0.941. The van der Waals surface area contributed by atoms with E-state index in [1.165, 1.54) is 32.4 Å². The number of nitrogens with two attached hydrogens (primary N) is 1. The minimum Gasteiger partial charge on any atom is -0.393 e. The summed E-state index contributed by atoms with van der Waals surface area (Å²) in [7, 11) is 0. The van der Waals surface area contributed by atoms with E-state index in [0.29, 0.717) is 0 Å². The molecule has 2 saturated heterocycles. The number of hydrogen-bond acceptors (Lipinski definition) is 4. The summed E-state index contributed by atoms with van der Waals surface area (Å²) >= 11 is 0. The van der Waals surface area contributed by atoms with E-state index in [0.717, 1.165) is 51.4 Å². The molecule has 0 aliphatic carbocycles. The molecule has 0 aromatic carbocycles. The van der Waals surface area contributed by atoms with Crippen molar-refractivity contribution in [2.75, 3.05) is 39.3 Å². The molecule has 0 spiro atoms. The standard InChI is InChI=1S/C17H33N3O2/c1-2-14-3-8-19(9-4-14)11-6-16(21)7-12-20-10-5-15(13-20)17(18)22/h14-16,21H,2-13H2,1H3,(H2,18,22). The Morgan fingerprint density at radius 2 is 1.73 bits per heavy atom. The Kier molecular flexibility index (Phi) is 7.12. The van der Waals surface area contributed by atoms with Gasteiger partial charge in [-0.15, -0.1) is 0 Å². The number of carbonyl (C=O) groups is 1. The molecule has 2 rings (SSSR count). The zero-order chi connectivity index (χ0) is 15.9. The van der Waals surface area contributed by atoms with Crippen molar-refractivity contribution in [2.24, 2.45) is 17.6 Å². The number of amides is 1. The Morgan fingerprint density at radius 3 is 2.27 bits per heavy atom. The lowest BCUT2D eigenvalue weighted by Crippen LogP contribution is -2.36. The number of likely N-dealkylation sites (tertiary alicyclic amines) is 2. The van der Waals surface area contributed by atoms with Crippen LogP contribution in [0.15, 0.2) is 0 Å². The van der Waals surface area contributed by atoms with Crippen molar-refractivity contribution in [1.29, 1.82) is 0 Å². The predicted molar refractivity (Wildman–Crippen MR) is 88.4 cm³/mol. The highest BCUT2D eigenvalue weighted by Gasteiger charge is 2.26. The quantitative estimate of drug-likeness (QED) is 0.703. The Labute approximate surface area is 134 Å². The Morgan fingerprint density at radius 1 is 1.14 bits per heavy atom. The second kappa shape index (κ2) is 8.85. The predicted octanol–water partition coefficient (Wildman–Crippen LogP) is 1.06. The van der Waals surface area contributed by atoms with E-state index < -0.39 is 0 Å². The second-order valence-electron chi connectivity index (χ2n) is 7.11. The number of aliphatic hydroxyl groups excluding tert-OH is 1. The zero-order valence-electron chi connectivity index (χ0n) is 14.0. The number of aliphatic hydroxyl groups is 1. The lowest BCUT2D eigenvalue weighted by atomic mass is 9.94. The number of nitrogens with zero attached hydrogens (tertiary/aromatic N) is 2. The number of primary amides is 1. The molecule has 0 aromatic heterocycles. The van der Waals surface area contributed by atoms with Crippen LogP contribution < -0.4 is 5.73 Å². The maximum atomic E-state index is 11.1. The van der Waals surface area contributed by atoms with E-state index in [1.54, 1.807) is 0 Å². The topological polar surface area (TPSA) is 69.8 Å². The van der Waals surface area contributed by atoms with Crippen LogP contribution in [-0.4, -0.2) is 66.2 Å². The molecule has 2 aliphatic heterocycles. The van der Waals surface area contributed by atoms with Crippen LogP contribution in [0.5, 0.6) is 0 Å². The first kappa shape index (κ1) is 17.7. The minimum absolute atomic E-state index is 0.0111. The Balaban J connectivity index is 1.55. The normalized spacial score (nSPS) is 26.4. The molecule has 2 fully saturated rings. The lowest BCUT2D eigenvalue weighted by molar-refractivity contribution is -0.121. The van der Waals surface area contributed by atoms with Gasteiger partial charge in [0.15, 0.2) is 0 Å². The fourth-order valence-corrected chi connectivity index (χ4v) is 3.69. The van der Waals surface area contributed by atoms with Crippen LogP contribution in [0, 0.1) is 11.8 Å². The van der Waals surface area contributed by atoms with Crippen molar-refractivity contribution in [3.63, 3.8) is 0 Å².